The number of benzene rings is 1. The molecule has 1 N–H and O–H groups in total. The number of fused-ring (bicyclic) bond motifs is 1. The Bertz CT molecular complexity index is 1370. The molecule has 11 heteroatoms. The molecule has 0 aliphatic carbocycles. The first-order valence-electron chi connectivity index (χ1n) is 11.5. The van der Waals surface area contributed by atoms with E-state index in [1.165, 1.54) is 6.33 Å². The Morgan fingerprint density at radius 1 is 1.17 bits per heavy atom. The Morgan fingerprint density at radius 2 is 1.97 bits per heavy atom. The van der Waals surface area contributed by atoms with E-state index in [2.05, 4.69) is 36.7 Å². The molecule has 1 amide bonds. The number of nitrogens with one attached hydrogen (secondary N) is 1. The van der Waals surface area contributed by atoms with Gasteiger partial charge in [-0.2, -0.15) is 5.10 Å². The molecule has 3 aromatic heterocycles. The molecule has 1 aliphatic rings. The largest absolute Gasteiger partial charge is 0.378 e. The van der Waals surface area contributed by atoms with Crippen molar-refractivity contribution < 1.29 is 9.53 Å². The molecule has 4 aromatic rings. The molecule has 0 saturated carbocycles. The van der Waals surface area contributed by atoms with Gasteiger partial charge in [-0.1, -0.05) is 28.9 Å². The first kappa shape index (κ1) is 23.3. The summed E-state index contributed by atoms with van der Waals surface area (Å²) in [4.78, 5) is 19.3. The SMILES string of the molecule is CC(C)(C)n1cc(C(=O)NCc2ccc(-c3ncnn4cc(N5CCOCC5)cc34)cc2Cl)nn1. The summed E-state index contributed by atoms with van der Waals surface area (Å²) in [5.41, 5.74) is 4.45. The Morgan fingerprint density at radius 3 is 2.69 bits per heavy atom. The molecule has 10 nitrogen and oxygen atoms in total. The van der Waals surface area contributed by atoms with Gasteiger partial charge in [-0.15, -0.1) is 5.10 Å². The van der Waals surface area contributed by atoms with E-state index in [0.717, 1.165) is 41.1 Å². The van der Waals surface area contributed by atoms with Crippen LogP contribution in [-0.2, 0) is 16.8 Å². The fourth-order valence-corrected chi connectivity index (χ4v) is 4.18. The highest BCUT2D eigenvalue weighted by Crippen LogP contribution is 2.30. The third kappa shape index (κ3) is 4.85. The Kier molecular flexibility index (Phi) is 6.16. The monoisotopic (exact) mass is 494 g/mol. The molecule has 0 spiro atoms. The lowest BCUT2D eigenvalue weighted by atomic mass is 10.1. The number of rotatable bonds is 5. The molecule has 5 rings (SSSR count). The first-order valence-corrected chi connectivity index (χ1v) is 11.8. The highest BCUT2D eigenvalue weighted by atomic mass is 35.5. The number of aromatic nitrogens is 6. The normalized spacial score (nSPS) is 14.5. The van der Waals surface area contributed by atoms with Crippen LogP contribution in [0.15, 0.2) is 43.0 Å². The van der Waals surface area contributed by atoms with Gasteiger partial charge in [0.25, 0.3) is 5.91 Å². The van der Waals surface area contributed by atoms with E-state index < -0.39 is 0 Å². The van der Waals surface area contributed by atoms with Gasteiger partial charge >= 0.3 is 0 Å². The van der Waals surface area contributed by atoms with Gasteiger partial charge < -0.3 is 15.0 Å². The summed E-state index contributed by atoms with van der Waals surface area (Å²) in [5.74, 6) is -0.304. The predicted molar refractivity (Wildman–Crippen MR) is 133 cm³/mol. The number of morpholine rings is 1. The van der Waals surface area contributed by atoms with Crippen molar-refractivity contribution in [3.05, 3.63) is 59.3 Å². The number of nitrogens with zero attached hydrogens (tertiary/aromatic N) is 7. The minimum absolute atomic E-state index is 0.250. The fraction of sp³-hybridized carbons (Fsp3) is 0.375. The van der Waals surface area contributed by atoms with Gasteiger partial charge in [0.15, 0.2) is 5.69 Å². The third-order valence-electron chi connectivity index (χ3n) is 5.95. The van der Waals surface area contributed by atoms with Crippen molar-refractivity contribution in [3.8, 4) is 11.3 Å². The fourth-order valence-electron chi connectivity index (χ4n) is 3.93. The lowest BCUT2D eigenvalue weighted by molar-refractivity contribution is 0.0946. The number of hydrogen-bond donors (Lipinski definition) is 1. The van der Waals surface area contributed by atoms with Crippen molar-refractivity contribution in [2.24, 2.45) is 0 Å². The van der Waals surface area contributed by atoms with Gasteiger partial charge in [0.2, 0.25) is 0 Å². The molecule has 0 unspecified atom stereocenters. The molecule has 1 aromatic carbocycles. The molecule has 0 atom stereocenters. The zero-order chi connectivity index (χ0) is 24.6. The van der Waals surface area contributed by atoms with E-state index in [1.807, 2.05) is 49.7 Å². The maximum Gasteiger partial charge on any atom is 0.273 e. The molecule has 0 radical (unpaired) electrons. The summed E-state index contributed by atoms with van der Waals surface area (Å²) in [5, 5.41) is 15.8. The molecule has 182 valence electrons. The number of ether oxygens (including phenoxy) is 1. The second-order valence-corrected chi connectivity index (χ2v) is 9.85. The van der Waals surface area contributed by atoms with Crippen molar-refractivity contribution in [1.82, 2.24) is 34.9 Å². The average Bonchev–Trinajstić information content (AvgIpc) is 3.51. The Labute approximate surface area is 207 Å². The number of carbonyl (C=O) groups is 1. The Hall–Kier alpha value is -3.50. The maximum atomic E-state index is 12.5. The second kappa shape index (κ2) is 9.27. The van der Waals surface area contributed by atoms with E-state index in [4.69, 9.17) is 16.3 Å². The van der Waals surface area contributed by atoms with Gasteiger partial charge in [0.05, 0.1) is 48.0 Å². The zero-order valence-corrected chi connectivity index (χ0v) is 20.7. The summed E-state index contributed by atoms with van der Waals surface area (Å²) >= 11 is 6.60. The van der Waals surface area contributed by atoms with Crippen molar-refractivity contribution in [2.75, 3.05) is 31.2 Å². The number of halogens is 1. The zero-order valence-electron chi connectivity index (χ0n) is 19.9. The number of anilines is 1. The quantitative estimate of drug-likeness (QED) is 0.454. The molecule has 1 aliphatic heterocycles. The van der Waals surface area contributed by atoms with Crippen molar-refractivity contribution in [2.45, 2.75) is 32.9 Å². The van der Waals surface area contributed by atoms with Crippen LogP contribution in [0.25, 0.3) is 16.8 Å². The van der Waals surface area contributed by atoms with E-state index in [9.17, 15) is 4.79 Å². The number of hydrogen-bond acceptors (Lipinski definition) is 7. The van der Waals surface area contributed by atoms with E-state index in [0.29, 0.717) is 18.2 Å². The van der Waals surface area contributed by atoms with Crippen LogP contribution in [-0.4, -0.2) is 61.8 Å². The summed E-state index contributed by atoms with van der Waals surface area (Å²) in [6.45, 7) is 9.37. The van der Waals surface area contributed by atoms with E-state index in [-0.39, 0.29) is 23.7 Å². The van der Waals surface area contributed by atoms with Crippen LogP contribution in [0, 0.1) is 0 Å². The van der Waals surface area contributed by atoms with Crippen LogP contribution in [0.1, 0.15) is 36.8 Å². The van der Waals surface area contributed by atoms with Gasteiger partial charge in [0.1, 0.15) is 6.33 Å². The minimum Gasteiger partial charge on any atom is -0.378 e. The van der Waals surface area contributed by atoms with Crippen LogP contribution in [0.4, 0.5) is 5.69 Å². The summed E-state index contributed by atoms with van der Waals surface area (Å²) in [6, 6.07) is 7.80. The average molecular weight is 495 g/mol. The highest BCUT2D eigenvalue weighted by molar-refractivity contribution is 6.31. The molecule has 35 heavy (non-hydrogen) atoms. The highest BCUT2D eigenvalue weighted by Gasteiger charge is 2.19. The summed E-state index contributed by atoms with van der Waals surface area (Å²) in [6.07, 6.45) is 5.19. The van der Waals surface area contributed by atoms with E-state index >= 15 is 0 Å². The Balaban J connectivity index is 1.33. The van der Waals surface area contributed by atoms with Gasteiger partial charge in [0, 0.05) is 30.2 Å². The summed E-state index contributed by atoms with van der Waals surface area (Å²) in [7, 11) is 0. The first-order chi connectivity index (χ1) is 16.8. The van der Waals surface area contributed by atoms with Crippen molar-refractivity contribution in [1.29, 1.82) is 0 Å². The molecule has 0 bridgehead atoms. The minimum atomic E-state index is -0.304. The standard InChI is InChI=1S/C24H27ClN8O2/c1-24(2,3)33-14-20(29-30-33)23(34)26-12-17-5-4-16(10-19(17)25)22-21-11-18(13-32(21)28-15-27-22)31-6-8-35-9-7-31/h4-5,10-11,13-15H,6-9,12H2,1-3H3,(H,26,34). The number of amides is 1. The van der Waals surface area contributed by atoms with Crippen LogP contribution in [0.2, 0.25) is 5.02 Å². The van der Waals surface area contributed by atoms with Crippen molar-refractivity contribution in [3.63, 3.8) is 0 Å². The maximum absolute atomic E-state index is 12.5. The van der Waals surface area contributed by atoms with Crippen molar-refractivity contribution >= 4 is 28.7 Å². The molecule has 1 saturated heterocycles. The topological polar surface area (TPSA) is 102 Å². The van der Waals surface area contributed by atoms with Gasteiger partial charge in [-0.05, 0) is 38.5 Å². The lowest BCUT2D eigenvalue weighted by Gasteiger charge is -2.27. The molecule has 4 heterocycles. The number of carbonyl (C=O) groups excluding carboxylic acids is 1. The smallest absolute Gasteiger partial charge is 0.273 e. The van der Waals surface area contributed by atoms with Gasteiger partial charge in [-0.3, -0.25) is 4.79 Å². The molecular formula is C24H27ClN8O2. The summed E-state index contributed by atoms with van der Waals surface area (Å²) < 4.78 is 8.96. The molecular weight excluding hydrogens is 468 g/mol. The van der Waals surface area contributed by atoms with Crippen LogP contribution in [0.5, 0.6) is 0 Å². The van der Waals surface area contributed by atoms with Crippen LogP contribution < -0.4 is 10.2 Å². The third-order valence-corrected chi connectivity index (χ3v) is 6.30. The lowest BCUT2D eigenvalue weighted by Crippen LogP contribution is -2.35. The van der Waals surface area contributed by atoms with E-state index in [1.54, 1.807) is 10.9 Å². The second-order valence-electron chi connectivity index (χ2n) is 9.44. The van der Waals surface area contributed by atoms with Crippen LogP contribution in [0.3, 0.4) is 0 Å². The van der Waals surface area contributed by atoms with Gasteiger partial charge in [-0.25, -0.2) is 14.2 Å². The van der Waals surface area contributed by atoms with Crippen LogP contribution >= 0.6 is 11.6 Å². The predicted octanol–water partition coefficient (Wildman–Crippen LogP) is 3.16. The molecule has 1 fully saturated rings.